The Morgan fingerprint density at radius 3 is 2.48 bits per heavy atom. The Morgan fingerprint density at radius 2 is 1.81 bits per heavy atom. The highest BCUT2D eigenvalue weighted by molar-refractivity contribution is 6.31. The molecule has 0 fully saturated rings. The maximum atomic E-state index is 12.0. The summed E-state index contributed by atoms with van der Waals surface area (Å²) in [5.41, 5.74) is 0.266. The highest BCUT2D eigenvalue weighted by Crippen LogP contribution is 2.20. The monoisotopic (exact) mass is 303 g/mol. The van der Waals surface area contributed by atoms with Crippen molar-refractivity contribution in [3.8, 4) is 11.4 Å². The zero-order valence-corrected chi connectivity index (χ0v) is 11.8. The molecule has 0 aliphatic heterocycles. The molecule has 0 bridgehead atoms. The minimum atomic E-state index is -0.764. The lowest BCUT2D eigenvalue weighted by Crippen LogP contribution is -2.23. The van der Waals surface area contributed by atoms with Gasteiger partial charge in [0.05, 0.1) is 23.7 Å². The van der Waals surface area contributed by atoms with Crippen molar-refractivity contribution in [1.29, 1.82) is 0 Å². The van der Waals surface area contributed by atoms with E-state index in [1.165, 1.54) is 10.6 Å². The van der Waals surface area contributed by atoms with Gasteiger partial charge < -0.3 is 9.15 Å². The van der Waals surface area contributed by atoms with Crippen LogP contribution in [0.2, 0.25) is 5.02 Å². The summed E-state index contributed by atoms with van der Waals surface area (Å²) in [5.74, 6) is -0.105. The molecule has 0 amide bonds. The molecule has 106 valence electrons. The molecule has 0 spiro atoms. The summed E-state index contributed by atoms with van der Waals surface area (Å²) in [6, 6.07) is 11.5. The lowest BCUT2D eigenvalue weighted by molar-refractivity contribution is 0.414. The number of aromatic nitrogens is 1. The van der Waals surface area contributed by atoms with Crippen molar-refractivity contribution in [3.05, 3.63) is 68.5 Å². The van der Waals surface area contributed by atoms with Gasteiger partial charge in [-0.25, -0.2) is 14.2 Å². The van der Waals surface area contributed by atoms with Gasteiger partial charge in [-0.2, -0.15) is 0 Å². The molecule has 1 aromatic heterocycles. The fourth-order valence-corrected chi connectivity index (χ4v) is 2.28. The third kappa shape index (κ3) is 2.32. The molecule has 0 unspecified atom stereocenters. The highest BCUT2D eigenvalue weighted by atomic mass is 35.5. The van der Waals surface area contributed by atoms with E-state index < -0.39 is 11.4 Å². The predicted molar refractivity (Wildman–Crippen MR) is 79.6 cm³/mol. The Balaban J connectivity index is 2.37. The standard InChI is InChI=1S/C15H10ClNO4/c1-20-11-5-3-10(4-6-11)17-13-8-9(16)2-7-12(13)14(18)21-15(17)19/h2-8H,1H3. The van der Waals surface area contributed by atoms with Crippen molar-refractivity contribution >= 4 is 22.5 Å². The number of ether oxygens (including phenoxy) is 1. The molecule has 0 N–H and O–H groups in total. The van der Waals surface area contributed by atoms with E-state index in [1.54, 1.807) is 43.5 Å². The molecule has 0 atom stereocenters. The van der Waals surface area contributed by atoms with Crippen LogP contribution in [0.4, 0.5) is 0 Å². The van der Waals surface area contributed by atoms with E-state index in [2.05, 4.69) is 0 Å². The van der Waals surface area contributed by atoms with Gasteiger partial charge in [-0.05, 0) is 42.5 Å². The van der Waals surface area contributed by atoms with Crippen LogP contribution in [0, 0.1) is 0 Å². The van der Waals surface area contributed by atoms with Crippen molar-refractivity contribution in [2.45, 2.75) is 0 Å². The second-order valence-electron chi connectivity index (χ2n) is 4.35. The molecule has 0 saturated heterocycles. The van der Waals surface area contributed by atoms with Crippen LogP contribution >= 0.6 is 11.6 Å². The maximum absolute atomic E-state index is 12.0. The Kier molecular flexibility index (Phi) is 3.27. The van der Waals surface area contributed by atoms with Gasteiger partial charge in [-0.15, -0.1) is 0 Å². The Labute approximate surface area is 124 Å². The Morgan fingerprint density at radius 1 is 1.10 bits per heavy atom. The number of nitrogens with zero attached hydrogens (tertiary/aromatic N) is 1. The van der Waals surface area contributed by atoms with Crippen molar-refractivity contribution in [2.75, 3.05) is 7.11 Å². The van der Waals surface area contributed by atoms with Gasteiger partial charge in [0.1, 0.15) is 5.75 Å². The van der Waals surface area contributed by atoms with Crippen LogP contribution in [0.1, 0.15) is 0 Å². The van der Waals surface area contributed by atoms with Crippen LogP contribution in [-0.2, 0) is 0 Å². The molecule has 0 radical (unpaired) electrons. The largest absolute Gasteiger partial charge is 0.497 e. The predicted octanol–water partition coefficient (Wildman–Crippen LogP) is 2.61. The molecule has 2 aromatic carbocycles. The molecule has 0 aliphatic carbocycles. The molecular formula is C15H10ClNO4. The number of halogens is 1. The SMILES string of the molecule is COc1ccc(-n2c(=O)oc(=O)c3ccc(Cl)cc32)cc1. The van der Waals surface area contributed by atoms with E-state index in [-0.39, 0.29) is 5.39 Å². The molecule has 3 rings (SSSR count). The molecule has 5 nitrogen and oxygen atoms in total. The molecule has 21 heavy (non-hydrogen) atoms. The summed E-state index contributed by atoms with van der Waals surface area (Å²) in [4.78, 5) is 23.8. The molecule has 0 saturated carbocycles. The van der Waals surface area contributed by atoms with E-state index in [1.807, 2.05) is 0 Å². The summed E-state index contributed by atoms with van der Waals surface area (Å²) >= 11 is 5.96. The highest BCUT2D eigenvalue weighted by Gasteiger charge is 2.11. The lowest BCUT2D eigenvalue weighted by Gasteiger charge is -2.09. The van der Waals surface area contributed by atoms with Gasteiger partial charge in [-0.1, -0.05) is 11.6 Å². The van der Waals surface area contributed by atoms with Gasteiger partial charge >= 0.3 is 11.4 Å². The van der Waals surface area contributed by atoms with Crippen molar-refractivity contribution in [3.63, 3.8) is 0 Å². The van der Waals surface area contributed by atoms with E-state index in [9.17, 15) is 9.59 Å². The third-order valence-corrected chi connectivity index (χ3v) is 3.35. The number of benzene rings is 2. The van der Waals surface area contributed by atoms with Crippen molar-refractivity contribution in [1.82, 2.24) is 4.57 Å². The van der Waals surface area contributed by atoms with Gasteiger partial charge in [0, 0.05) is 5.02 Å². The van der Waals surface area contributed by atoms with Crippen LogP contribution in [-0.4, -0.2) is 11.7 Å². The molecular weight excluding hydrogens is 294 g/mol. The third-order valence-electron chi connectivity index (χ3n) is 3.11. The quantitative estimate of drug-likeness (QED) is 0.730. The van der Waals surface area contributed by atoms with E-state index in [4.69, 9.17) is 20.8 Å². The van der Waals surface area contributed by atoms with Crippen molar-refractivity contribution < 1.29 is 9.15 Å². The Bertz CT molecular complexity index is 925. The van der Waals surface area contributed by atoms with E-state index >= 15 is 0 Å². The topological polar surface area (TPSA) is 61.4 Å². The fraction of sp³-hybridized carbons (Fsp3) is 0.0667. The van der Waals surface area contributed by atoms with Crippen LogP contribution in [0.25, 0.3) is 16.6 Å². The molecule has 3 aromatic rings. The van der Waals surface area contributed by atoms with Crippen LogP contribution in [0.5, 0.6) is 5.75 Å². The number of methoxy groups -OCH3 is 1. The van der Waals surface area contributed by atoms with Crippen LogP contribution in [0.3, 0.4) is 0 Å². The van der Waals surface area contributed by atoms with Crippen LogP contribution < -0.4 is 16.1 Å². The number of fused-ring (bicyclic) bond motifs is 1. The van der Waals surface area contributed by atoms with Gasteiger partial charge in [-0.3, -0.25) is 0 Å². The minimum Gasteiger partial charge on any atom is -0.497 e. The number of hydrogen-bond donors (Lipinski definition) is 0. The second kappa shape index (κ2) is 5.10. The average molecular weight is 304 g/mol. The smallest absolute Gasteiger partial charge is 0.426 e. The zero-order chi connectivity index (χ0) is 15.0. The maximum Gasteiger partial charge on any atom is 0.426 e. The second-order valence-corrected chi connectivity index (χ2v) is 4.79. The average Bonchev–Trinajstić information content (AvgIpc) is 2.47. The zero-order valence-electron chi connectivity index (χ0n) is 11.0. The first-order chi connectivity index (χ1) is 10.1. The first-order valence-corrected chi connectivity index (χ1v) is 6.48. The lowest BCUT2D eigenvalue weighted by atomic mass is 10.2. The van der Waals surface area contributed by atoms with Gasteiger partial charge in [0.2, 0.25) is 0 Å². The summed E-state index contributed by atoms with van der Waals surface area (Å²) in [6.45, 7) is 0. The molecule has 1 heterocycles. The molecule has 6 heteroatoms. The Hall–Kier alpha value is -2.53. The number of hydrogen-bond acceptors (Lipinski definition) is 4. The minimum absolute atomic E-state index is 0.287. The summed E-state index contributed by atoms with van der Waals surface area (Å²) < 4.78 is 11.1. The summed E-state index contributed by atoms with van der Waals surface area (Å²) in [6.07, 6.45) is 0. The first-order valence-electron chi connectivity index (χ1n) is 6.10. The fourth-order valence-electron chi connectivity index (χ4n) is 2.12. The van der Waals surface area contributed by atoms with Crippen LogP contribution in [0.15, 0.2) is 56.5 Å². The van der Waals surface area contributed by atoms with Crippen molar-refractivity contribution in [2.24, 2.45) is 0 Å². The summed E-state index contributed by atoms with van der Waals surface area (Å²) in [5, 5.41) is 0.713. The summed E-state index contributed by atoms with van der Waals surface area (Å²) in [7, 11) is 1.55. The molecule has 0 aliphatic rings. The van der Waals surface area contributed by atoms with E-state index in [0.717, 1.165) is 0 Å². The van der Waals surface area contributed by atoms with Gasteiger partial charge in [0.25, 0.3) is 0 Å². The normalized spacial score (nSPS) is 10.8. The van der Waals surface area contributed by atoms with Gasteiger partial charge in [0.15, 0.2) is 0 Å². The number of rotatable bonds is 2. The first kappa shape index (κ1) is 13.5. The van der Waals surface area contributed by atoms with E-state index in [0.29, 0.717) is 22.0 Å².